The molecule has 0 spiro atoms. The number of carbonyl (C=O) groups is 1. The van der Waals surface area contributed by atoms with Gasteiger partial charge in [-0.2, -0.15) is 0 Å². The topological polar surface area (TPSA) is 54.0 Å². The number of esters is 1. The van der Waals surface area contributed by atoms with E-state index in [9.17, 15) is 4.79 Å². The molecule has 2 aromatic carbocycles. The molecule has 1 unspecified atom stereocenters. The minimum Gasteiger partial charge on any atom is -0.503 e. The van der Waals surface area contributed by atoms with Crippen LogP contribution in [0.25, 0.3) is 5.57 Å². The van der Waals surface area contributed by atoms with E-state index in [-0.39, 0.29) is 18.1 Å². The van der Waals surface area contributed by atoms with E-state index >= 15 is 0 Å². The van der Waals surface area contributed by atoms with Crippen LogP contribution in [0.15, 0.2) is 42.7 Å². The lowest BCUT2D eigenvalue weighted by molar-refractivity contribution is -0.133. The highest BCUT2D eigenvalue weighted by molar-refractivity contribution is 6.50. The Bertz CT molecular complexity index is 967. The fraction of sp³-hybridized carbons (Fsp3) is 0.318. The van der Waals surface area contributed by atoms with Crippen molar-refractivity contribution in [2.24, 2.45) is 5.92 Å². The zero-order valence-electron chi connectivity index (χ0n) is 16.8. The zero-order chi connectivity index (χ0) is 22.6. The molecule has 0 bridgehead atoms. The van der Waals surface area contributed by atoms with E-state index in [4.69, 9.17) is 65.4 Å². The first-order chi connectivity index (χ1) is 14.8. The van der Waals surface area contributed by atoms with Gasteiger partial charge in [-0.3, -0.25) is 0 Å². The molecular formula is C22H20Cl4O5. The molecule has 3 rings (SSSR count). The van der Waals surface area contributed by atoms with Crippen molar-refractivity contribution in [3.05, 3.63) is 63.8 Å². The monoisotopic (exact) mass is 504 g/mol. The molecule has 1 aliphatic carbocycles. The molecule has 1 atom stereocenters. The van der Waals surface area contributed by atoms with Gasteiger partial charge in [0.2, 0.25) is 0 Å². The number of carbonyl (C=O) groups excluding carboxylic acids is 1. The van der Waals surface area contributed by atoms with Crippen molar-refractivity contribution in [3.63, 3.8) is 0 Å². The second-order valence-electron chi connectivity index (χ2n) is 6.89. The Labute approximate surface area is 200 Å². The average Bonchev–Trinajstić information content (AvgIpc) is 3.36. The largest absolute Gasteiger partial charge is 0.503 e. The maximum absolute atomic E-state index is 12.1. The van der Waals surface area contributed by atoms with Crippen LogP contribution in [0, 0.1) is 5.92 Å². The Morgan fingerprint density at radius 2 is 1.77 bits per heavy atom. The van der Waals surface area contributed by atoms with E-state index in [1.165, 1.54) is 20.5 Å². The summed E-state index contributed by atoms with van der Waals surface area (Å²) in [4.78, 5) is 12.1. The normalized spacial score (nSPS) is 17.1. The summed E-state index contributed by atoms with van der Waals surface area (Å²) < 4.78 is 20.7. The van der Waals surface area contributed by atoms with Crippen molar-refractivity contribution in [2.75, 3.05) is 20.8 Å². The molecule has 1 aliphatic rings. The highest BCUT2D eigenvalue weighted by Gasteiger charge is 2.52. The molecule has 0 saturated heterocycles. The molecule has 0 heterocycles. The average molecular weight is 506 g/mol. The second kappa shape index (κ2) is 10.2. The third kappa shape index (κ3) is 5.92. The SMILES string of the molecule is CO/C=C(/C(=O)OC)c1ccccc1COc1cc(Cl)c(OCC2CC2(Cl)Cl)c(Cl)c1. The maximum atomic E-state index is 12.1. The number of benzene rings is 2. The summed E-state index contributed by atoms with van der Waals surface area (Å²) in [5.74, 6) is 0.320. The maximum Gasteiger partial charge on any atom is 0.341 e. The first-order valence-electron chi connectivity index (χ1n) is 9.28. The van der Waals surface area contributed by atoms with Crippen LogP contribution in [0.3, 0.4) is 0 Å². The third-order valence-corrected chi connectivity index (χ3v) is 6.19. The minimum absolute atomic E-state index is 0.0413. The molecule has 0 aliphatic heterocycles. The number of alkyl halides is 2. The third-order valence-electron chi connectivity index (χ3n) is 4.70. The Hall–Kier alpha value is -1.79. The molecular weight excluding hydrogens is 486 g/mol. The minimum atomic E-state index is -0.740. The zero-order valence-corrected chi connectivity index (χ0v) is 19.8. The Morgan fingerprint density at radius 1 is 1.13 bits per heavy atom. The molecule has 1 fully saturated rings. The van der Waals surface area contributed by atoms with Crippen molar-refractivity contribution < 1.29 is 23.7 Å². The molecule has 0 aromatic heterocycles. The van der Waals surface area contributed by atoms with Crippen LogP contribution in [-0.2, 0) is 20.9 Å². The molecule has 0 amide bonds. The summed E-state index contributed by atoms with van der Waals surface area (Å²) in [6, 6.07) is 10.5. The van der Waals surface area contributed by atoms with Crippen LogP contribution in [0.1, 0.15) is 17.5 Å². The molecule has 0 radical (unpaired) electrons. The fourth-order valence-electron chi connectivity index (χ4n) is 2.91. The smallest absolute Gasteiger partial charge is 0.341 e. The van der Waals surface area contributed by atoms with E-state index in [1.807, 2.05) is 12.1 Å². The van der Waals surface area contributed by atoms with Gasteiger partial charge < -0.3 is 18.9 Å². The van der Waals surface area contributed by atoms with E-state index in [0.29, 0.717) is 40.1 Å². The van der Waals surface area contributed by atoms with E-state index < -0.39 is 10.3 Å². The van der Waals surface area contributed by atoms with Crippen molar-refractivity contribution in [3.8, 4) is 11.5 Å². The molecule has 31 heavy (non-hydrogen) atoms. The van der Waals surface area contributed by atoms with Crippen LogP contribution in [-0.4, -0.2) is 31.1 Å². The van der Waals surface area contributed by atoms with Crippen LogP contribution in [0.5, 0.6) is 11.5 Å². The fourth-order valence-corrected chi connectivity index (χ4v) is 3.99. The number of ether oxygens (including phenoxy) is 4. The summed E-state index contributed by atoms with van der Waals surface area (Å²) in [5, 5.41) is 0.612. The van der Waals surface area contributed by atoms with Crippen molar-refractivity contribution in [1.82, 2.24) is 0 Å². The lowest BCUT2D eigenvalue weighted by atomic mass is 10.0. The van der Waals surface area contributed by atoms with E-state index in [0.717, 1.165) is 5.56 Å². The van der Waals surface area contributed by atoms with Crippen LogP contribution >= 0.6 is 46.4 Å². The highest BCUT2D eigenvalue weighted by Crippen LogP contribution is 2.53. The molecule has 1 saturated carbocycles. The van der Waals surface area contributed by atoms with Gasteiger partial charge in [0.15, 0.2) is 5.75 Å². The van der Waals surface area contributed by atoms with Crippen molar-refractivity contribution in [1.29, 1.82) is 0 Å². The van der Waals surface area contributed by atoms with Crippen molar-refractivity contribution >= 4 is 57.9 Å². The molecule has 9 heteroatoms. The summed E-state index contributed by atoms with van der Waals surface area (Å²) in [6.07, 6.45) is 2.00. The van der Waals surface area contributed by atoms with Gasteiger partial charge in [-0.15, -0.1) is 23.2 Å². The van der Waals surface area contributed by atoms with Gasteiger partial charge in [0.1, 0.15) is 22.3 Å². The summed E-state index contributed by atoms with van der Waals surface area (Å²) in [6.45, 7) is 0.479. The van der Waals surface area contributed by atoms with Gasteiger partial charge in [-0.1, -0.05) is 47.5 Å². The Kier molecular flexibility index (Phi) is 7.87. The summed E-state index contributed by atoms with van der Waals surface area (Å²) in [7, 11) is 2.77. The number of hydrogen-bond acceptors (Lipinski definition) is 5. The molecule has 166 valence electrons. The number of rotatable bonds is 9. The van der Waals surface area contributed by atoms with Crippen molar-refractivity contribution in [2.45, 2.75) is 17.4 Å². The van der Waals surface area contributed by atoms with Gasteiger partial charge in [0.25, 0.3) is 0 Å². The van der Waals surface area contributed by atoms with Gasteiger partial charge in [0, 0.05) is 18.1 Å². The lowest BCUT2D eigenvalue weighted by Crippen LogP contribution is -2.08. The Balaban J connectivity index is 1.73. The molecule has 5 nitrogen and oxygen atoms in total. The summed E-state index contributed by atoms with van der Waals surface area (Å²) in [5.41, 5.74) is 1.65. The van der Waals surface area contributed by atoms with Gasteiger partial charge in [0.05, 0.1) is 37.1 Å². The number of methoxy groups -OCH3 is 2. The predicted octanol–water partition coefficient (Wildman–Crippen LogP) is 6.31. The standard InChI is InChI=1S/C22H20Cl4O5/c1-28-12-17(21(27)29-2)16-6-4-3-5-13(16)10-30-15-7-18(23)20(19(24)8-15)31-11-14-9-22(14,25)26/h3-8,12,14H,9-11H2,1-2H3/b17-12+. The lowest BCUT2D eigenvalue weighted by Gasteiger charge is -2.15. The molecule has 0 N–H and O–H groups in total. The van der Waals surface area contributed by atoms with Gasteiger partial charge in [-0.05, 0) is 17.5 Å². The summed E-state index contributed by atoms with van der Waals surface area (Å²) >= 11 is 24.7. The first kappa shape index (κ1) is 23.9. The van der Waals surface area contributed by atoms with E-state index in [1.54, 1.807) is 24.3 Å². The first-order valence-corrected chi connectivity index (χ1v) is 10.8. The predicted molar refractivity (Wildman–Crippen MR) is 122 cm³/mol. The highest BCUT2D eigenvalue weighted by atomic mass is 35.5. The number of hydrogen-bond donors (Lipinski definition) is 0. The second-order valence-corrected chi connectivity index (χ2v) is 9.25. The van der Waals surface area contributed by atoms with Gasteiger partial charge >= 0.3 is 5.97 Å². The Morgan fingerprint density at radius 3 is 2.35 bits per heavy atom. The van der Waals surface area contributed by atoms with Crippen LogP contribution in [0.2, 0.25) is 10.0 Å². The quantitative estimate of drug-likeness (QED) is 0.173. The van der Waals surface area contributed by atoms with Gasteiger partial charge in [-0.25, -0.2) is 4.79 Å². The van der Waals surface area contributed by atoms with E-state index in [2.05, 4.69) is 0 Å². The number of halogens is 4. The molecule has 2 aromatic rings. The van der Waals surface area contributed by atoms with Crippen LogP contribution in [0.4, 0.5) is 0 Å². The van der Waals surface area contributed by atoms with Crippen LogP contribution < -0.4 is 9.47 Å².